The highest BCUT2D eigenvalue weighted by Crippen LogP contribution is 2.43. The minimum absolute atomic E-state index is 0.109. The number of rotatable bonds is 8. The van der Waals surface area contributed by atoms with Crippen LogP contribution in [0.2, 0.25) is 10.0 Å². The third kappa shape index (κ3) is 5.22. The molecule has 3 aromatic heterocycles. The number of benzene rings is 2. The molecule has 0 bridgehead atoms. The molecule has 0 aliphatic carbocycles. The highest BCUT2D eigenvalue weighted by atomic mass is 79.9. The molecule has 0 aliphatic heterocycles. The molecule has 0 radical (unpaired) electrons. The van der Waals surface area contributed by atoms with Crippen molar-refractivity contribution < 1.29 is 22.7 Å². The molecule has 0 N–H and O–H groups in total. The van der Waals surface area contributed by atoms with E-state index in [0.717, 1.165) is 5.56 Å². The molecule has 190 valence electrons. The minimum Gasteiger partial charge on any atom is -0.493 e. The van der Waals surface area contributed by atoms with Crippen LogP contribution in [0.5, 0.6) is 11.5 Å². The number of nitriles is 1. The predicted molar refractivity (Wildman–Crippen MR) is 148 cm³/mol. The van der Waals surface area contributed by atoms with Gasteiger partial charge in [-0.1, -0.05) is 29.3 Å². The highest BCUT2D eigenvalue weighted by Gasteiger charge is 2.26. The Kier molecular flexibility index (Phi) is 7.61. The Morgan fingerprint density at radius 3 is 2.47 bits per heavy atom. The monoisotopic (exact) mass is 610 g/mol. The van der Waals surface area contributed by atoms with Crippen LogP contribution in [0.15, 0.2) is 89.8 Å². The van der Waals surface area contributed by atoms with Gasteiger partial charge in [-0.2, -0.15) is 5.26 Å². The summed E-state index contributed by atoms with van der Waals surface area (Å²) in [5, 5.41) is 11.0. The van der Waals surface area contributed by atoms with Crippen LogP contribution in [0.25, 0.3) is 22.8 Å². The number of nitrogens with zero attached hydrogens (tertiary/aromatic N) is 2. The minimum atomic E-state index is 0.109. The smallest absolute Gasteiger partial charge is 0.238 e. The van der Waals surface area contributed by atoms with Crippen molar-refractivity contribution in [3.8, 4) is 40.4 Å². The third-order valence-electron chi connectivity index (χ3n) is 5.48. The summed E-state index contributed by atoms with van der Waals surface area (Å²) in [4.78, 5) is 4.46. The standard InChI is InChI=1S/C28H17BrCl2N2O5/c1-34-24-11-16(10-20(29)26(24)37-15-17-6-7-18(30)12-21(17)31)14-33-28-19(13-32)25(22-4-2-8-35-22)27(38-28)23-5-3-9-36-23/h2-12,14H,15H2,1H3. The van der Waals surface area contributed by atoms with Gasteiger partial charge in [-0.15, -0.1) is 0 Å². The molecule has 0 saturated heterocycles. The summed E-state index contributed by atoms with van der Waals surface area (Å²) in [7, 11) is 1.54. The SMILES string of the molecule is COc1cc(C=Nc2oc(-c3ccco3)c(-c3ccco3)c2C#N)cc(Br)c1OCc1ccc(Cl)cc1Cl. The number of aliphatic imine (C=N–C) groups is 1. The topological polar surface area (TPSA) is 94.0 Å². The molecule has 0 atom stereocenters. The lowest BCUT2D eigenvalue weighted by molar-refractivity contribution is 0.282. The maximum atomic E-state index is 9.94. The van der Waals surface area contributed by atoms with Crippen molar-refractivity contribution in [3.05, 3.63) is 98.3 Å². The normalized spacial score (nSPS) is 11.1. The number of methoxy groups -OCH3 is 1. The molecule has 7 nitrogen and oxygen atoms in total. The largest absolute Gasteiger partial charge is 0.493 e. The second-order valence-corrected chi connectivity index (χ2v) is 9.57. The van der Waals surface area contributed by atoms with E-state index < -0.39 is 0 Å². The van der Waals surface area contributed by atoms with Crippen LogP contribution in [-0.2, 0) is 6.61 Å². The molecule has 5 aromatic rings. The Hall–Kier alpha value is -3.90. The molecule has 0 amide bonds. The third-order valence-corrected chi connectivity index (χ3v) is 6.66. The molecule has 38 heavy (non-hydrogen) atoms. The second-order valence-electron chi connectivity index (χ2n) is 7.87. The second kappa shape index (κ2) is 11.2. The average Bonchev–Trinajstić information content (AvgIpc) is 3.68. The number of hydrogen-bond acceptors (Lipinski definition) is 7. The quantitative estimate of drug-likeness (QED) is 0.162. The van der Waals surface area contributed by atoms with Crippen LogP contribution in [-0.4, -0.2) is 13.3 Å². The first kappa shape index (κ1) is 25.7. The van der Waals surface area contributed by atoms with Crippen molar-refractivity contribution >= 4 is 51.2 Å². The summed E-state index contributed by atoms with van der Waals surface area (Å²) in [5.74, 6) is 2.33. The van der Waals surface area contributed by atoms with Gasteiger partial charge in [-0.25, -0.2) is 4.99 Å². The maximum absolute atomic E-state index is 9.94. The summed E-state index contributed by atoms with van der Waals surface area (Å²) in [6.07, 6.45) is 4.60. The van der Waals surface area contributed by atoms with Gasteiger partial charge in [0, 0.05) is 21.8 Å². The zero-order valence-electron chi connectivity index (χ0n) is 19.7. The lowest BCUT2D eigenvalue weighted by Gasteiger charge is -2.14. The van der Waals surface area contributed by atoms with E-state index >= 15 is 0 Å². The van der Waals surface area contributed by atoms with Gasteiger partial charge in [0.25, 0.3) is 0 Å². The van der Waals surface area contributed by atoms with Gasteiger partial charge in [0.1, 0.15) is 24.0 Å². The molecule has 10 heteroatoms. The van der Waals surface area contributed by atoms with Crippen molar-refractivity contribution in [2.24, 2.45) is 4.99 Å². The van der Waals surface area contributed by atoms with Gasteiger partial charge in [-0.3, -0.25) is 0 Å². The van der Waals surface area contributed by atoms with Crippen LogP contribution in [0.4, 0.5) is 5.88 Å². The Morgan fingerprint density at radius 1 is 1.05 bits per heavy atom. The fourth-order valence-electron chi connectivity index (χ4n) is 3.73. The van der Waals surface area contributed by atoms with Crippen molar-refractivity contribution in [1.29, 1.82) is 5.26 Å². The fraction of sp³-hybridized carbons (Fsp3) is 0.0714. The number of furan rings is 3. The summed E-state index contributed by atoms with van der Waals surface area (Å²) < 4.78 is 29.2. The molecule has 5 rings (SSSR count). The molecule has 0 spiro atoms. The first-order chi connectivity index (χ1) is 18.5. The first-order valence-corrected chi connectivity index (χ1v) is 12.7. The molecule has 0 aliphatic rings. The van der Waals surface area contributed by atoms with E-state index in [4.69, 9.17) is 45.9 Å². The van der Waals surface area contributed by atoms with E-state index in [1.807, 2.05) is 0 Å². The molecule has 0 unspecified atom stereocenters. The zero-order valence-corrected chi connectivity index (χ0v) is 22.8. The van der Waals surface area contributed by atoms with E-state index in [-0.39, 0.29) is 18.1 Å². The van der Waals surface area contributed by atoms with E-state index in [9.17, 15) is 5.26 Å². The van der Waals surface area contributed by atoms with Crippen molar-refractivity contribution in [2.45, 2.75) is 6.61 Å². The van der Waals surface area contributed by atoms with Gasteiger partial charge in [-0.05, 0) is 70.0 Å². The summed E-state index contributed by atoms with van der Waals surface area (Å²) in [6.45, 7) is 0.210. The van der Waals surface area contributed by atoms with Gasteiger partial charge >= 0.3 is 0 Å². The fourth-order valence-corrected chi connectivity index (χ4v) is 4.76. The Bertz CT molecular complexity index is 1650. The molecule has 2 aromatic carbocycles. The van der Waals surface area contributed by atoms with E-state index in [2.05, 4.69) is 27.0 Å². The molecular formula is C28H17BrCl2N2O5. The highest BCUT2D eigenvalue weighted by molar-refractivity contribution is 9.10. The van der Waals surface area contributed by atoms with Gasteiger partial charge in [0.05, 0.1) is 29.7 Å². The van der Waals surface area contributed by atoms with Crippen LogP contribution in [0, 0.1) is 11.3 Å². The van der Waals surface area contributed by atoms with Crippen LogP contribution >= 0.6 is 39.1 Å². The van der Waals surface area contributed by atoms with Gasteiger partial charge < -0.3 is 22.7 Å². The summed E-state index contributed by atoms with van der Waals surface area (Å²) in [5.41, 5.74) is 2.12. The Balaban J connectivity index is 1.46. The first-order valence-electron chi connectivity index (χ1n) is 11.1. The van der Waals surface area contributed by atoms with Crippen LogP contribution < -0.4 is 9.47 Å². The number of hydrogen-bond donors (Lipinski definition) is 0. The maximum Gasteiger partial charge on any atom is 0.238 e. The lowest BCUT2D eigenvalue weighted by Crippen LogP contribution is -2.00. The lowest BCUT2D eigenvalue weighted by atomic mass is 10.1. The van der Waals surface area contributed by atoms with Crippen LogP contribution in [0.3, 0.4) is 0 Å². The van der Waals surface area contributed by atoms with Gasteiger partial charge in [0.15, 0.2) is 23.0 Å². The van der Waals surface area contributed by atoms with E-state index in [1.54, 1.807) is 60.8 Å². The number of ether oxygens (including phenoxy) is 2. The molecule has 0 saturated carbocycles. The van der Waals surface area contributed by atoms with Gasteiger partial charge in [0.2, 0.25) is 5.88 Å². The number of halogens is 3. The Morgan fingerprint density at radius 2 is 1.82 bits per heavy atom. The predicted octanol–water partition coefficient (Wildman–Crippen LogP) is 9.08. The zero-order chi connectivity index (χ0) is 26.6. The Labute approximate surface area is 235 Å². The summed E-state index contributed by atoms with van der Waals surface area (Å²) in [6, 6.07) is 17.9. The average molecular weight is 612 g/mol. The van der Waals surface area contributed by atoms with E-state index in [1.165, 1.54) is 19.6 Å². The molecule has 0 fully saturated rings. The van der Waals surface area contributed by atoms with Crippen molar-refractivity contribution in [3.63, 3.8) is 0 Å². The van der Waals surface area contributed by atoms with E-state index in [0.29, 0.717) is 54.4 Å². The molecule has 3 heterocycles. The van der Waals surface area contributed by atoms with Crippen molar-refractivity contribution in [1.82, 2.24) is 0 Å². The molecular weight excluding hydrogens is 595 g/mol. The summed E-state index contributed by atoms with van der Waals surface area (Å²) >= 11 is 15.8. The van der Waals surface area contributed by atoms with Crippen molar-refractivity contribution in [2.75, 3.05) is 7.11 Å². The van der Waals surface area contributed by atoms with Crippen LogP contribution in [0.1, 0.15) is 16.7 Å².